The van der Waals surface area contributed by atoms with E-state index in [4.69, 9.17) is 9.47 Å². The second kappa shape index (κ2) is 6.55. The van der Waals surface area contributed by atoms with E-state index in [1.54, 1.807) is 48.5 Å². The molecule has 0 unspecified atom stereocenters. The van der Waals surface area contributed by atoms with E-state index >= 15 is 0 Å². The van der Waals surface area contributed by atoms with Crippen LogP contribution >= 0.6 is 22.7 Å². The summed E-state index contributed by atoms with van der Waals surface area (Å²) in [5.41, 5.74) is 0. The fourth-order valence-electron chi connectivity index (χ4n) is 1.68. The van der Waals surface area contributed by atoms with E-state index in [0.717, 1.165) is 0 Å². The molecule has 0 saturated heterocycles. The van der Waals surface area contributed by atoms with Crippen LogP contribution in [0.15, 0.2) is 59.3 Å². The predicted molar refractivity (Wildman–Crippen MR) is 85.0 cm³/mol. The topological polar surface area (TPSA) is 52.6 Å². The minimum Gasteiger partial charge on any atom is -0.422 e. The fraction of sp³-hybridized carbons (Fsp3) is 0. The zero-order valence-electron chi connectivity index (χ0n) is 11.2. The van der Waals surface area contributed by atoms with Gasteiger partial charge in [0.2, 0.25) is 0 Å². The van der Waals surface area contributed by atoms with Crippen molar-refractivity contribution < 1.29 is 19.1 Å². The third-order valence-electron chi connectivity index (χ3n) is 2.69. The smallest absolute Gasteiger partial charge is 0.353 e. The Balaban J connectivity index is 1.63. The fourth-order valence-corrected chi connectivity index (χ4v) is 2.88. The lowest BCUT2D eigenvalue weighted by atomic mass is 10.3. The van der Waals surface area contributed by atoms with Gasteiger partial charge in [0.1, 0.15) is 21.3 Å². The van der Waals surface area contributed by atoms with Gasteiger partial charge in [0.25, 0.3) is 0 Å². The van der Waals surface area contributed by atoms with Crippen LogP contribution in [0.2, 0.25) is 0 Å². The van der Waals surface area contributed by atoms with Crippen molar-refractivity contribution in [3.8, 4) is 11.5 Å². The van der Waals surface area contributed by atoms with E-state index in [-0.39, 0.29) is 0 Å². The molecule has 0 aliphatic heterocycles. The number of benzene rings is 1. The Morgan fingerprint density at radius 2 is 1.09 bits per heavy atom. The Hall–Kier alpha value is -2.44. The highest BCUT2D eigenvalue weighted by molar-refractivity contribution is 7.12. The van der Waals surface area contributed by atoms with Gasteiger partial charge in [0.15, 0.2) is 0 Å². The summed E-state index contributed by atoms with van der Waals surface area (Å²) in [6, 6.07) is 13.3. The average Bonchev–Trinajstić information content (AvgIpc) is 3.23. The van der Waals surface area contributed by atoms with Crippen LogP contribution in [0.3, 0.4) is 0 Å². The molecule has 0 amide bonds. The van der Waals surface area contributed by atoms with Crippen molar-refractivity contribution in [2.75, 3.05) is 0 Å². The molecule has 0 aliphatic rings. The second-order valence-corrected chi connectivity index (χ2v) is 6.10. The summed E-state index contributed by atoms with van der Waals surface area (Å²) >= 11 is 2.64. The van der Waals surface area contributed by atoms with Crippen LogP contribution in [0.25, 0.3) is 0 Å². The summed E-state index contributed by atoms with van der Waals surface area (Å²) in [6.45, 7) is 0. The molecule has 110 valence electrons. The minimum atomic E-state index is -0.404. The molecule has 4 nitrogen and oxygen atoms in total. The lowest BCUT2D eigenvalue weighted by molar-refractivity contribution is 0.0724. The molecular weight excluding hydrogens is 320 g/mol. The summed E-state index contributed by atoms with van der Waals surface area (Å²) < 4.78 is 10.4. The van der Waals surface area contributed by atoms with Gasteiger partial charge in [0, 0.05) is 0 Å². The van der Waals surface area contributed by atoms with Crippen LogP contribution in [0.1, 0.15) is 19.3 Å². The zero-order chi connectivity index (χ0) is 15.4. The van der Waals surface area contributed by atoms with Crippen molar-refractivity contribution in [3.63, 3.8) is 0 Å². The molecule has 0 saturated carbocycles. The number of rotatable bonds is 4. The quantitative estimate of drug-likeness (QED) is 0.530. The molecule has 2 aromatic heterocycles. The zero-order valence-corrected chi connectivity index (χ0v) is 12.9. The molecule has 0 atom stereocenters. The standard InChI is InChI=1S/C16H10O4S2/c17-15(13-3-1-9-21-13)19-11-5-7-12(8-6-11)20-16(18)14-4-2-10-22-14/h1-10H. The molecular formula is C16H10O4S2. The number of thiophene rings is 2. The molecule has 0 spiro atoms. The van der Waals surface area contributed by atoms with E-state index < -0.39 is 11.9 Å². The minimum absolute atomic E-state index is 0.398. The maximum atomic E-state index is 11.8. The molecule has 0 fully saturated rings. The van der Waals surface area contributed by atoms with Gasteiger partial charge in [-0.2, -0.15) is 0 Å². The third kappa shape index (κ3) is 3.41. The largest absolute Gasteiger partial charge is 0.422 e. The van der Waals surface area contributed by atoms with Gasteiger partial charge < -0.3 is 9.47 Å². The summed E-state index contributed by atoms with van der Waals surface area (Å²) in [5.74, 6) is -0.0136. The van der Waals surface area contributed by atoms with E-state index in [1.165, 1.54) is 22.7 Å². The first-order chi connectivity index (χ1) is 10.7. The first kappa shape index (κ1) is 14.5. The molecule has 2 heterocycles. The SMILES string of the molecule is O=C(Oc1ccc(OC(=O)c2cccs2)cc1)c1cccs1. The van der Waals surface area contributed by atoms with Gasteiger partial charge in [-0.1, -0.05) is 12.1 Å². The first-order valence-electron chi connectivity index (χ1n) is 6.34. The van der Waals surface area contributed by atoms with Crippen LogP contribution in [0.4, 0.5) is 0 Å². The maximum Gasteiger partial charge on any atom is 0.353 e. The second-order valence-electron chi connectivity index (χ2n) is 4.21. The number of ether oxygens (including phenoxy) is 2. The van der Waals surface area contributed by atoms with E-state index in [9.17, 15) is 9.59 Å². The number of carbonyl (C=O) groups is 2. The molecule has 0 aliphatic carbocycles. The molecule has 3 rings (SSSR count). The van der Waals surface area contributed by atoms with Gasteiger partial charge in [0.05, 0.1) is 0 Å². The number of hydrogen-bond donors (Lipinski definition) is 0. The van der Waals surface area contributed by atoms with Crippen LogP contribution in [0, 0.1) is 0 Å². The monoisotopic (exact) mass is 330 g/mol. The molecule has 3 aromatic rings. The summed E-state index contributed by atoms with van der Waals surface area (Å²) in [4.78, 5) is 24.7. The summed E-state index contributed by atoms with van der Waals surface area (Å²) in [6.07, 6.45) is 0. The molecule has 22 heavy (non-hydrogen) atoms. The summed E-state index contributed by atoms with van der Waals surface area (Å²) in [7, 11) is 0. The molecule has 0 radical (unpaired) electrons. The maximum absolute atomic E-state index is 11.8. The van der Waals surface area contributed by atoms with Crippen molar-refractivity contribution in [1.29, 1.82) is 0 Å². The van der Waals surface area contributed by atoms with Gasteiger partial charge in [-0.3, -0.25) is 0 Å². The van der Waals surface area contributed by atoms with Crippen molar-refractivity contribution in [2.24, 2.45) is 0 Å². The first-order valence-corrected chi connectivity index (χ1v) is 8.10. The molecule has 6 heteroatoms. The normalized spacial score (nSPS) is 10.2. The molecule has 0 bridgehead atoms. The van der Waals surface area contributed by atoms with Crippen LogP contribution in [-0.4, -0.2) is 11.9 Å². The number of esters is 2. The van der Waals surface area contributed by atoms with E-state index in [1.807, 2.05) is 10.8 Å². The Kier molecular flexibility index (Phi) is 4.32. The predicted octanol–water partition coefficient (Wildman–Crippen LogP) is 4.25. The van der Waals surface area contributed by atoms with Crippen molar-refractivity contribution in [3.05, 3.63) is 69.0 Å². The Morgan fingerprint density at radius 3 is 1.41 bits per heavy atom. The van der Waals surface area contributed by atoms with Gasteiger partial charge >= 0.3 is 11.9 Å². The van der Waals surface area contributed by atoms with Crippen molar-refractivity contribution in [2.45, 2.75) is 0 Å². The van der Waals surface area contributed by atoms with Crippen LogP contribution in [0.5, 0.6) is 11.5 Å². The van der Waals surface area contributed by atoms with Gasteiger partial charge in [-0.05, 0) is 47.2 Å². The highest BCUT2D eigenvalue weighted by Crippen LogP contribution is 2.21. The van der Waals surface area contributed by atoms with E-state index in [2.05, 4.69) is 0 Å². The van der Waals surface area contributed by atoms with Gasteiger partial charge in [-0.15, -0.1) is 22.7 Å². The van der Waals surface area contributed by atoms with Crippen LogP contribution < -0.4 is 9.47 Å². The number of carbonyl (C=O) groups excluding carboxylic acids is 2. The Labute approximate surface area is 134 Å². The van der Waals surface area contributed by atoms with Crippen molar-refractivity contribution >= 4 is 34.6 Å². The van der Waals surface area contributed by atoms with Crippen LogP contribution in [-0.2, 0) is 0 Å². The van der Waals surface area contributed by atoms with Gasteiger partial charge in [-0.25, -0.2) is 9.59 Å². The number of hydrogen-bond acceptors (Lipinski definition) is 6. The Morgan fingerprint density at radius 1 is 0.682 bits per heavy atom. The average molecular weight is 330 g/mol. The molecule has 1 aromatic carbocycles. The Bertz CT molecular complexity index is 692. The summed E-state index contributed by atoms with van der Waals surface area (Å²) in [5, 5.41) is 3.62. The molecule has 0 N–H and O–H groups in total. The van der Waals surface area contributed by atoms with Crippen molar-refractivity contribution in [1.82, 2.24) is 0 Å². The lowest BCUT2D eigenvalue weighted by Gasteiger charge is -2.05. The highest BCUT2D eigenvalue weighted by atomic mass is 32.1. The van der Waals surface area contributed by atoms with E-state index in [0.29, 0.717) is 21.3 Å². The third-order valence-corrected chi connectivity index (χ3v) is 4.39. The lowest BCUT2D eigenvalue weighted by Crippen LogP contribution is -2.07. The highest BCUT2D eigenvalue weighted by Gasteiger charge is 2.11.